The lowest BCUT2D eigenvalue weighted by Crippen LogP contribution is -2.35. The molecule has 0 saturated heterocycles. The summed E-state index contributed by atoms with van der Waals surface area (Å²) in [6.07, 6.45) is 9.16. The Morgan fingerprint density at radius 3 is 2.45 bits per heavy atom. The van der Waals surface area contributed by atoms with Crippen LogP contribution in [0.25, 0.3) is 0 Å². The number of sulfone groups is 1. The number of hydrogen-bond donors (Lipinski definition) is 3. The van der Waals surface area contributed by atoms with Crippen LogP contribution in [0, 0.1) is 6.92 Å². The molecule has 0 atom stereocenters. The molecule has 13 heteroatoms. The highest BCUT2D eigenvalue weighted by atomic mass is 35.5. The molecule has 11 nitrogen and oxygen atoms in total. The summed E-state index contributed by atoms with van der Waals surface area (Å²) in [4.78, 5) is 20.4. The van der Waals surface area contributed by atoms with Gasteiger partial charge in [-0.15, -0.1) is 0 Å². The largest absolute Gasteiger partial charge is 0.488 e. The monoisotopic (exact) mass is 615 g/mol. The number of aromatic nitrogens is 4. The van der Waals surface area contributed by atoms with Gasteiger partial charge < -0.3 is 20.7 Å². The predicted molar refractivity (Wildman–Crippen MR) is 163 cm³/mol. The summed E-state index contributed by atoms with van der Waals surface area (Å²) >= 11 is 6.42. The van der Waals surface area contributed by atoms with E-state index < -0.39 is 15.1 Å². The molecule has 2 aliphatic rings. The fraction of sp³-hybridized carbons (Fsp3) is 0.517. The molecule has 0 radical (unpaired) electrons. The molecule has 2 aliphatic carbocycles. The van der Waals surface area contributed by atoms with Crippen molar-refractivity contribution in [2.75, 3.05) is 10.6 Å². The number of carbonyl (C=O) groups is 1. The second-order valence-electron chi connectivity index (χ2n) is 11.5. The number of amides is 1. The van der Waals surface area contributed by atoms with Crippen molar-refractivity contribution >= 4 is 50.5 Å². The van der Waals surface area contributed by atoms with Gasteiger partial charge in [-0.2, -0.15) is 10.1 Å². The summed E-state index contributed by atoms with van der Waals surface area (Å²) in [5.74, 6) is 1.69. The van der Waals surface area contributed by atoms with Crippen molar-refractivity contribution in [2.45, 2.75) is 94.6 Å². The van der Waals surface area contributed by atoms with E-state index in [0.717, 1.165) is 55.5 Å². The van der Waals surface area contributed by atoms with Crippen molar-refractivity contribution in [1.82, 2.24) is 25.1 Å². The average molecular weight is 616 g/mol. The Hall–Kier alpha value is -3.38. The van der Waals surface area contributed by atoms with Crippen LogP contribution in [0.3, 0.4) is 0 Å². The lowest BCUT2D eigenvalue weighted by molar-refractivity contribution is -0.119. The van der Waals surface area contributed by atoms with Gasteiger partial charge in [0.1, 0.15) is 10.8 Å². The van der Waals surface area contributed by atoms with Crippen LogP contribution < -0.4 is 20.7 Å². The normalized spacial score (nSPS) is 19.0. The van der Waals surface area contributed by atoms with E-state index in [9.17, 15) is 13.2 Å². The number of halogens is 1. The van der Waals surface area contributed by atoms with E-state index >= 15 is 0 Å². The van der Waals surface area contributed by atoms with Gasteiger partial charge in [-0.3, -0.25) is 9.48 Å². The molecule has 1 aromatic carbocycles. The molecule has 2 aromatic heterocycles. The molecule has 2 saturated carbocycles. The Morgan fingerprint density at radius 1 is 1.10 bits per heavy atom. The van der Waals surface area contributed by atoms with Crippen LogP contribution in [-0.4, -0.2) is 51.5 Å². The zero-order valence-electron chi connectivity index (χ0n) is 24.6. The van der Waals surface area contributed by atoms with Crippen LogP contribution in [0.15, 0.2) is 29.6 Å². The van der Waals surface area contributed by atoms with Crippen LogP contribution in [0.4, 0.5) is 23.1 Å². The summed E-state index contributed by atoms with van der Waals surface area (Å²) < 4.78 is 33.5. The van der Waals surface area contributed by atoms with Gasteiger partial charge in [0.25, 0.3) is 0 Å². The Kier molecular flexibility index (Phi) is 8.66. The van der Waals surface area contributed by atoms with Gasteiger partial charge in [-0.25, -0.2) is 13.4 Å². The first-order chi connectivity index (χ1) is 19.9. The molecule has 1 amide bonds. The minimum atomic E-state index is -3.65. The molecule has 2 heterocycles. The highest BCUT2D eigenvalue weighted by Crippen LogP contribution is 2.41. The number of carbonyl (C=O) groups excluding carboxylic acids is 1. The van der Waals surface area contributed by atoms with Gasteiger partial charge in [0.15, 0.2) is 5.82 Å². The summed E-state index contributed by atoms with van der Waals surface area (Å²) in [6.45, 7) is 6.88. The Balaban J connectivity index is 1.39. The van der Waals surface area contributed by atoms with Crippen LogP contribution >= 0.6 is 11.6 Å². The molecule has 0 unspecified atom stereocenters. The van der Waals surface area contributed by atoms with Gasteiger partial charge in [-0.05, 0) is 88.5 Å². The van der Waals surface area contributed by atoms with E-state index in [0.29, 0.717) is 5.92 Å². The molecule has 226 valence electrons. The maximum Gasteiger partial charge on any atom is 0.229 e. The van der Waals surface area contributed by atoms with E-state index in [1.807, 2.05) is 0 Å². The number of benzene rings is 1. The van der Waals surface area contributed by atoms with E-state index in [4.69, 9.17) is 16.3 Å². The minimum absolute atomic E-state index is 0.0226. The highest BCUT2D eigenvalue weighted by Gasteiger charge is 2.29. The number of hydrogen-bond acceptors (Lipinski definition) is 9. The van der Waals surface area contributed by atoms with Crippen molar-refractivity contribution in [3.05, 3.63) is 40.7 Å². The van der Waals surface area contributed by atoms with Crippen molar-refractivity contribution in [3.63, 3.8) is 0 Å². The molecule has 42 heavy (non-hydrogen) atoms. The first-order valence-corrected chi connectivity index (χ1v) is 16.3. The van der Waals surface area contributed by atoms with Crippen molar-refractivity contribution in [1.29, 1.82) is 0 Å². The fourth-order valence-electron chi connectivity index (χ4n) is 5.29. The second kappa shape index (κ2) is 12.1. The van der Waals surface area contributed by atoms with Crippen LogP contribution in [0.5, 0.6) is 5.75 Å². The Bertz CT molecular complexity index is 1580. The van der Waals surface area contributed by atoms with Crippen LogP contribution in [-0.2, 0) is 21.7 Å². The smallest absolute Gasteiger partial charge is 0.229 e. The molecule has 0 aliphatic heterocycles. The van der Waals surface area contributed by atoms with Gasteiger partial charge in [0.05, 0.1) is 28.9 Å². The summed E-state index contributed by atoms with van der Waals surface area (Å²) in [7, 11) is -1.99. The third kappa shape index (κ3) is 6.81. The number of nitrogens with zero attached hydrogens (tertiary/aromatic N) is 4. The van der Waals surface area contributed by atoms with Crippen molar-refractivity contribution < 1.29 is 17.9 Å². The molecular weight excluding hydrogens is 578 g/mol. The predicted octanol–water partition coefficient (Wildman–Crippen LogP) is 5.54. The Labute approximate surface area is 251 Å². The maximum atomic E-state index is 12.9. The fourth-order valence-corrected chi connectivity index (χ4v) is 6.53. The second-order valence-corrected chi connectivity index (χ2v) is 14.4. The molecular formula is C29H38ClN7O4S. The van der Waals surface area contributed by atoms with Crippen LogP contribution in [0.2, 0.25) is 5.02 Å². The lowest BCUT2D eigenvalue weighted by atomic mass is 9.80. The van der Waals surface area contributed by atoms with Gasteiger partial charge in [-0.1, -0.05) is 11.6 Å². The number of rotatable bonds is 10. The maximum absolute atomic E-state index is 12.9. The molecule has 3 N–H and O–H groups in total. The highest BCUT2D eigenvalue weighted by molar-refractivity contribution is 7.92. The number of aryl methyl sites for hydroxylation is 2. The SMILES string of the molecule is CC(=O)N[C@H]1CC[C@H](c2cc(OC3CC3)c(Nc3ncc(Cl)c(Nc4cn(C)nc4S(=O)(=O)C(C)C)n3)cc2C)CC1. The van der Waals surface area contributed by atoms with E-state index in [1.54, 1.807) is 34.0 Å². The quantitative estimate of drug-likeness (QED) is 0.268. The summed E-state index contributed by atoms with van der Waals surface area (Å²) in [6, 6.07) is 4.43. The zero-order chi connectivity index (χ0) is 30.2. The number of nitrogens with one attached hydrogen (secondary N) is 3. The molecule has 3 aromatic rings. The topological polar surface area (TPSA) is 140 Å². The minimum Gasteiger partial charge on any atom is -0.488 e. The van der Waals surface area contributed by atoms with E-state index in [1.165, 1.54) is 16.4 Å². The van der Waals surface area contributed by atoms with Gasteiger partial charge in [0.2, 0.25) is 26.7 Å². The van der Waals surface area contributed by atoms with Gasteiger partial charge >= 0.3 is 0 Å². The third-order valence-corrected chi connectivity index (χ3v) is 10.0. The summed E-state index contributed by atoms with van der Waals surface area (Å²) in [5.41, 5.74) is 3.42. The van der Waals surface area contributed by atoms with Crippen molar-refractivity contribution in [2.24, 2.45) is 7.05 Å². The first kappa shape index (κ1) is 30.1. The van der Waals surface area contributed by atoms with Crippen molar-refractivity contribution in [3.8, 4) is 5.75 Å². The molecule has 5 rings (SSSR count). The number of anilines is 4. The van der Waals surface area contributed by atoms with Crippen LogP contribution in [0.1, 0.15) is 76.3 Å². The lowest BCUT2D eigenvalue weighted by Gasteiger charge is -2.30. The van der Waals surface area contributed by atoms with E-state index in [-0.39, 0.29) is 45.6 Å². The first-order valence-electron chi connectivity index (χ1n) is 14.3. The molecule has 0 spiro atoms. The standard InChI is InChI=1S/C29H38ClN7O4S/c1-16(2)42(39,40)28-25(15-37(5)36-28)33-27-23(30)14-31-29(35-27)34-24-12-17(3)22(13-26(24)41-21-10-11-21)19-6-8-20(9-7-19)32-18(4)38/h12-16,19-21H,6-11H2,1-5H3,(H,32,38)(H2,31,33,34,35)/t19-,20-. The Morgan fingerprint density at radius 2 is 1.81 bits per heavy atom. The average Bonchev–Trinajstić information content (AvgIpc) is 3.66. The molecule has 0 bridgehead atoms. The third-order valence-electron chi connectivity index (χ3n) is 7.69. The molecule has 2 fully saturated rings. The number of ether oxygens (including phenoxy) is 1. The van der Waals surface area contributed by atoms with Gasteiger partial charge in [0, 0.05) is 26.2 Å². The zero-order valence-corrected chi connectivity index (χ0v) is 26.1. The van der Waals surface area contributed by atoms with E-state index in [2.05, 4.69) is 50.1 Å². The summed E-state index contributed by atoms with van der Waals surface area (Å²) in [5, 5.41) is 13.1.